The standard InChI is InChI=1S/C57H46N2O2/c1-34(2)55-56-51-30-40-18-20-46(59(44-15-11-8-12-16-44)48-25-37(5)22-38(6)26-48)28-42(40)32-53(51)60-54(56)33-50-49-29-39-17-19-45(27-41(39)31-52(49)61-57(50)55)58(43-13-9-7-10-14-43)47-23-35(3)21-36(4)24-47/h7-34H,1-6H3. The Bertz CT molecular complexity index is 3350. The lowest BCUT2D eigenvalue weighted by Gasteiger charge is -2.26. The highest BCUT2D eigenvalue weighted by molar-refractivity contribution is 6.20. The van der Waals surface area contributed by atoms with Gasteiger partial charge < -0.3 is 18.6 Å². The molecule has 11 aromatic rings. The smallest absolute Gasteiger partial charge is 0.139 e. The van der Waals surface area contributed by atoms with E-state index in [1.165, 1.54) is 33.2 Å². The van der Waals surface area contributed by atoms with E-state index in [-0.39, 0.29) is 5.92 Å². The first kappa shape index (κ1) is 36.8. The zero-order chi connectivity index (χ0) is 41.5. The van der Waals surface area contributed by atoms with Gasteiger partial charge in [-0.1, -0.05) is 74.5 Å². The maximum Gasteiger partial charge on any atom is 0.139 e. The average molecular weight is 791 g/mol. The maximum absolute atomic E-state index is 6.95. The summed E-state index contributed by atoms with van der Waals surface area (Å²) in [5, 5.41) is 9.00. The third kappa shape index (κ3) is 6.29. The van der Waals surface area contributed by atoms with E-state index in [4.69, 9.17) is 8.83 Å². The van der Waals surface area contributed by atoms with Gasteiger partial charge in [-0.2, -0.15) is 0 Å². The van der Waals surface area contributed by atoms with Crippen LogP contribution in [0.2, 0.25) is 0 Å². The Kier molecular flexibility index (Phi) is 8.54. The molecule has 0 radical (unpaired) electrons. The largest absolute Gasteiger partial charge is 0.456 e. The third-order valence-corrected chi connectivity index (χ3v) is 12.2. The molecule has 0 atom stereocenters. The van der Waals surface area contributed by atoms with Crippen molar-refractivity contribution in [1.82, 2.24) is 0 Å². The molecule has 0 saturated carbocycles. The first-order valence-electron chi connectivity index (χ1n) is 21.2. The van der Waals surface area contributed by atoms with Crippen molar-refractivity contribution in [3.8, 4) is 0 Å². The average Bonchev–Trinajstić information content (AvgIpc) is 3.77. The van der Waals surface area contributed by atoms with Crippen LogP contribution in [-0.4, -0.2) is 0 Å². The zero-order valence-corrected chi connectivity index (χ0v) is 35.4. The van der Waals surface area contributed by atoms with Crippen LogP contribution in [0, 0.1) is 27.7 Å². The fourth-order valence-corrected chi connectivity index (χ4v) is 9.70. The van der Waals surface area contributed by atoms with E-state index in [1.807, 2.05) is 0 Å². The summed E-state index contributed by atoms with van der Waals surface area (Å²) in [4.78, 5) is 4.68. The molecule has 296 valence electrons. The molecule has 9 aromatic carbocycles. The molecule has 61 heavy (non-hydrogen) atoms. The summed E-state index contributed by atoms with van der Waals surface area (Å²) in [6.07, 6.45) is 0. The van der Waals surface area contributed by atoms with Gasteiger partial charge in [0.2, 0.25) is 0 Å². The summed E-state index contributed by atoms with van der Waals surface area (Å²) in [5.41, 5.74) is 16.4. The minimum absolute atomic E-state index is 0.195. The van der Waals surface area contributed by atoms with Crippen LogP contribution in [-0.2, 0) is 0 Å². The number of fused-ring (bicyclic) bond motifs is 8. The van der Waals surface area contributed by atoms with E-state index in [1.54, 1.807) is 0 Å². The lowest BCUT2D eigenvalue weighted by molar-refractivity contribution is 0.655. The predicted octanol–water partition coefficient (Wildman–Crippen LogP) is 17.1. The molecule has 4 nitrogen and oxygen atoms in total. The second-order valence-corrected chi connectivity index (χ2v) is 17.2. The molecule has 0 aliphatic rings. The summed E-state index contributed by atoms with van der Waals surface area (Å²) in [7, 11) is 0. The molecule has 2 aromatic heterocycles. The molecule has 0 aliphatic carbocycles. The number of para-hydroxylation sites is 2. The van der Waals surface area contributed by atoms with E-state index in [9.17, 15) is 0 Å². The van der Waals surface area contributed by atoms with Gasteiger partial charge in [-0.25, -0.2) is 0 Å². The molecule has 0 fully saturated rings. The van der Waals surface area contributed by atoms with Crippen molar-refractivity contribution in [3.63, 3.8) is 0 Å². The fraction of sp³-hybridized carbons (Fsp3) is 0.123. The van der Waals surface area contributed by atoms with Crippen LogP contribution in [0.4, 0.5) is 34.1 Å². The number of benzene rings is 9. The minimum Gasteiger partial charge on any atom is -0.456 e. The van der Waals surface area contributed by atoms with E-state index in [0.29, 0.717) is 0 Å². The van der Waals surface area contributed by atoms with E-state index in [0.717, 1.165) is 94.2 Å². The van der Waals surface area contributed by atoms with Gasteiger partial charge in [-0.05, 0) is 181 Å². The summed E-state index contributed by atoms with van der Waals surface area (Å²) in [5.74, 6) is 0.195. The van der Waals surface area contributed by atoms with Crippen molar-refractivity contribution in [3.05, 3.63) is 192 Å². The van der Waals surface area contributed by atoms with Crippen LogP contribution in [0.15, 0.2) is 173 Å². The van der Waals surface area contributed by atoms with Gasteiger partial charge in [0.15, 0.2) is 0 Å². The summed E-state index contributed by atoms with van der Waals surface area (Å²) >= 11 is 0. The number of aryl methyl sites for hydroxylation is 4. The Morgan fingerprint density at radius 2 is 0.836 bits per heavy atom. The normalized spacial score (nSPS) is 11.9. The molecule has 0 N–H and O–H groups in total. The maximum atomic E-state index is 6.95. The van der Waals surface area contributed by atoms with Gasteiger partial charge in [0.25, 0.3) is 0 Å². The predicted molar refractivity (Wildman–Crippen MR) is 258 cm³/mol. The molecular formula is C57H46N2O2. The van der Waals surface area contributed by atoms with Gasteiger partial charge in [-0.15, -0.1) is 0 Å². The van der Waals surface area contributed by atoms with Crippen molar-refractivity contribution < 1.29 is 8.83 Å². The molecular weight excluding hydrogens is 745 g/mol. The zero-order valence-electron chi connectivity index (χ0n) is 35.4. The van der Waals surface area contributed by atoms with E-state index >= 15 is 0 Å². The summed E-state index contributed by atoms with van der Waals surface area (Å²) in [6.45, 7) is 13.2. The Morgan fingerprint density at radius 1 is 0.361 bits per heavy atom. The quantitative estimate of drug-likeness (QED) is 0.161. The molecule has 2 heterocycles. The SMILES string of the molecule is Cc1cc(C)cc(N(c2ccccc2)c2ccc3cc4c(cc3c2)oc2c(C(C)C)c3c(cc24)oc2cc4cc(N(c5ccccc5)c5cc(C)cc(C)c5)ccc4cc23)c1. The van der Waals surface area contributed by atoms with Gasteiger partial charge >= 0.3 is 0 Å². The minimum atomic E-state index is 0.195. The van der Waals surface area contributed by atoms with Gasteiger partial charge in [0, 0.05) is 61.2 Å². The topological polar surface area (TPSA) is 32.8 Å². The van der Waals surface area contributed by atoms with Crippen molar-refractivity contribution in [1.29, 1.82) is 0 Å². The number of nitrogens with zero attached hydrogens (tertiary/aromatic N) is 2. The van der Waals surface area contributed by atoms with Gasteiger partial charge in [0.1, 0.15) is 22.3 Å². The van der Waals surface area contributed by atoms with Crippen LogP contribution in [0.3, 0.4) is 0 Å². The van der Waals surface area contributed by atoms with Gasteiger partial charge in [-0.3, -0.25) is 0 Å². The molecule has 4 heteroatoms. The van der Waals surface area contributed by atoms with Crippen LogP contribution < -0.4 is 9.80 Å². The van der Waals surface area contributed by atoms with E-state index in [2.05, 4.69) is 215 Å². The highest BCUT2D eigenvalue weighted by atomic mass is 16.3. The first-order valence-corrected chi connectivity index (χ1v) is 21.2. The summed E-state index contributed by atoms with van der Waals surface area (Å²) < 4.78 is 13.8. The summed E-state index contributed by atoms with van der Waals surface area (Å²) in [6, 6.07) is 59.4. The Balaban J connectivity index is 1.05. The van der Waals surface area contributed by atoms with Crippen LogP contribution in [0.25, 0.3) is 65.4 Å². The van der Waals surface area contributed by atoms with E-state index < -0.39 is 0 Å². The third-order valence-electron chi connectivity index (χ3n) is 12.2. The molecule has 11 rings (SSSR count). The number of anilines is 6. The van der Waals surface area contributed by atoms with Crippen molar-refractivity contribution >= 4 is 99.5 Å². The van der Waals surface area contributed by atoms with Crippen LogP contribution in [0.5, 0.6) is 0 Å². The van der Waals surface area contributed by atoms with Crippen LogP contribution in [0.1, 0.15) is 47.6 Å². The molecule has 0 amide bonds. The fourth-order valence-electron chi connectivity index (χ4n) is 9.70. The molecule has 0 aliphatic heterocycles. The lowest BCUT2D eigenvalue weighted by atomic mass is 9.93. The monoisotopic (exact) mass is 790 g/mol. The highest BCUT2D eigenvalue weighted by Gasteiger charge is 2.23. The van der Waals surface area contributed by atoms with Crippen molar-refractivity contribution in [2.45, 2.75) is 47.5 Å². The molecule has 0 bridgehead atoms. The van der Waals surface area contributed by atoms with Crippen molar-refractivity contribution in [2.24, 2.45) is 0 Å². The first-order chi connectivity index (χ1) is 29.6. The van der Waals surface area contributed by atoms with Gasteiger partial charge in [0.05, 0.1) is 0 Å². The second-order valence-electron chi connectivity index (χ2n) is 17.2. The number of rotatable bonds is 7. The number of hydrogen-bond donors (Lipinski definition) is 0. The Labute approximate surface area is 355 Å². The second kappa shape index (κ2) is 14.2. The Morgan fingerprint density at radius 3 is 1.33 bits per heavy atom. The number of furan rings is 2. The lowest BCUT2D eigenvalue weighted by Crippen LogP contribution is -2.10. The number of hydrogen-bond acceptors (Lipinski definition) is 4. The Hall–Kier alpha value is -7.30. The molecule has 0 unspecified atom stereocenters. The van der Waals surface area contributed by atoms with Crippen LogP contribution >= 0.6 is 0 Å². The van der Waals surface area contributed by atoms with Crippen molar-refractivity contribution in [2.75, 3.05) is 9.80 Å². The highest BCUT2D eigenvalue weighted by Crippen LogP contribution is 2.46. The molecule has 0 saturated heterocycles. The molecule has 0 spiro atoms.